The monoisotopic (exact) mass is 267 g/mol. The van der Waals surface area contributed by atoms with Crippen LogP contribution in [0.25, 0.3) is 10.8 Å². The summed E-state index contributed by atoms with van der Waals surface area (Å²) in [4.78, 5) is 0. The Labute approximate surface area is 122 Å². The first-order chi connectivity index (χ1) is 9.57. The molecule has 1 aliphatic carbocycles. The largest absolute Gasteiger partial charge is 0.325 e. The van der Waals surface area contributed by atoms with Crippen molar-refractivity contribution in [3.63, 3.8) is 0 Å². The fourth-order valence-corrected chi connectivity index (χ4v) is 3.73. The Morgan fingerprint density at radius 1 is 1.05 bits per heavy atom. The van der Waals surface area contributed by atoms with E-state index in [-0.39, 0.29) is 5.54 Å². The third-order valence-electron chi connectivity index (χ3n) is 5.22. The fraction of sp³-hybridized carbons (Fsp3) is 0.474. The minimum Gasteiger partial charge on any atom is -0.325 e. The third kappa shape index (κ3) is 2.60. The number of hydrogen-bond donors (Lipinski definition) is 1. The second-order valence-electron chi connectivity index (χ2n) is 6.87. The van der Waals surface area contributed by atoms with E-state index in [4.69, 9.17) is 5.73 Å². The van der Waals surface area contributed by atoms with Gasteiger partial charge in [-0.25, -0.2) is 0 Å². The third-order valence-corrected chi connectivity index (χ3v) is 5.22. The SMILES string of the molecule is CC1CCC(N)(Cc2cccc3ccccc23)CC1C. The lowest BCUT2D eigenvalue weighted by atomic mass is 9.69. The molecule has 1 aliphatic rings. The summed E-state index contributed by atoms with van der Waals surface area (Å²) in [7, 11) is 0. The zero-order valence-electron chi connectivity index (χ0n) is 12.6. The van der Waals surface area contributed by atoms with Crippen molar-refractivity contribution in [2.24, 2.45) is 17.6 Å². The molecular weight excluding hydrogens is 242 g/mol. The Bertz CT molecular complexity index is 598. The molecule has 1 nitrogen and oxygen atoms in total. The number of benzene rings is 2. The summed E-state index contributed by atoms with van der Waals surface area (Å²) in [5.74, 6) is 1.56. The van der Waals surface area contributed by atoms with Crippen molar-refractivity contribution in [2.75, 3.05) is 0 Å². The van der Waals surface area contributed by atoms with Gasteiger partial charge in [0.15, 0.2) is 0 Å². The average molecular weight is 267 g/mol. The van der Waals surface area contributed by atoms with Crippen LogP contribution in [0, 0.1) is 11.8 Å². The maximum atomic E-state index is 6.73. The molecule has 0 amide bonds. The number of nitrogens with two attached hydrogens (primary N) is 1. The van der Waals surface area contributed by atoms with Crippen LogP contribution in [0.15, 0.2) is 42.5 Å². The summed E-state index contributed by atoms with van der Waals surface area (Å²) >= 11 is 0. The molecule has 0 radical (unpaired) electrons. The molecule has 1 saturated carbocycles. The van der Waals surface area contributed by atoms with Gasteiger partial charge >= 0.3 is 0 Å². The lowest BCUT2D eigenvalue weighted by Gasteiger charge is -2.40. The van der Waals surface area contributed by atoms with Gasteiger partial charge in [0.25, 0.3) is 0 Å². The first-order valence-corrected chi connectivity index (χ1v) is 7.83. The van der Waals surface area contributed by atoms with Crippen LogP contribution in [0.1, 0.15) is 38.7 Å². The second-order valence-corrected chi connectivity index (χ2v) is 6.87. The predicted octanol–water partition coefficient (Wildman–Crippen LogP) is 4.54. The van der Waals surface area contributed by atoms with Crippen LogP contribution in [0.4, 0.5) is 0 Å². The second kappa shape index (κ2) is 5.21. The Kier molecular flexibility index (Phi) is 3.55. The molecule has 2 aromatic carbocycles. The molecule has 20 heavy (non-hydrogen) atoms. The predicted molar refractivity (Wildman–Crippen MR) is 86.7 cm³/mol. The van der Waals surface area contributed by atoms with Crippen LogP contribution in [0.2, 0.25) is 0 Å². The Hall–Kier alpha value is -1.34. The van der Waals surface area contributed by atoms with Gasteiger partial charge in [0.2, 0.25) is 0 Å². The van der Waals surface area contributed by atoms with Crippen molar-refractivity contribution >= 4 is 10.8 Å². The first-order valence-electron chi connectivity index (χ1n) is 7.83. The molecule has 1 heteroatoms. The van der Waals surface area contributed by atoms with Gasteiger partial charge in [-0.1, -0.05) is 56.3 Å². The highest BCUT2D eigenvalue weighted by Gasteiger charge is 2.34. The normalized spacial score (nSPS) is 30.6. The maximum Gasteiger partial charge on any atom is 0.0198 e. The van der Waals surface area contributed by atoms with Crippen molar-refractivity contribution < 1.29 is 0 Å². The summed E-state index contributed by atoms with van der Waals surface area (Å²) in [5, 5.41) is 2.69. The van der Waals surface area contributed by atoms with Crippen molar-refractivity contribution in [2.45, 2.75) is 45.1 Å². The van der Waals surface area contributed by atoms with Crippen molar-refractivity contribution in [1.82, 2.24) is 0 Å². The molecule has 0 aromatic heterocycles. The van der Waals surface area contributed by atoms with Gasteiger partial charge in [-0.15, -0.1) is 0 Å². The summed E-state index contributed by atoms with van der Waals surface area (Å²) in [6.45, 7) is 4.72. The molecule has 2 aromatic rings. The molecule has 3 unspecified atom stereocenters. The summed E-state index contributed by atoms with van der Waals surface area (Å²) in [6, 6.07) is 15.2. The van der Waals surface area contributed by atoms with E-state index in [9.17, 15) is 0 Å². The van der Waals surface area contributed by atoms with Gasteiger partial charge in [-0.3, -0.25) is 0 Å². The highest BCUT2D eigenvalue weighted by atomic mass is 14.7. The van der Waals surface area contributed by atoms with E-state index in [2.05, 4.69) is 56.3 Å². The van der Waals surface area contributed by atoms with Crippen LogP contribution in [0.5, 0.6) is 0 Å². The van der Waals surface area contributed by atoms with E-state index in [1.54, 1.807) is 0 Å². The van der Waals surface area contributed by atoms with E-state index in [1.165, 1.54) is 22.8 Å². The molecule has 0 saturated heterocycles. The standard InChI is InChI=1S/C19H25N/c1-14-10-11-19(20,12-15(14)2)13-17-8-5-7-16-6-3-4-9-18(16)17/h3-9,14-15H,10-13,20H2,1-2H3. The van der Waals surface area contributed by atoms with Crippen molar-refractivity contribution in [1.29, 1.82) is 0 Å². The summed E-state index contributed by atoms with van der Waals surface area (Å²) in [6.07, 6.45) is 4.58. The minimum absolute atomic E-state index is 0.0178. The zero-order valence-corrected chi connectivity index (χ0v) is 12.6. The van der Waals surface area contributed by atoms with E-state index < -0.39 is 0 Å². The molecule has 3 rings (SSSR count). The summed E-state index contributed by atoms with van der Waals surface area (Å²) < 4.78 is 0. The van der Waals surface area contributed by atoms with Crippen molar-refractivity contribution in [3.8, 4) is 0 Å². The van der Waals surface area contributed by atoms with Crippen LogP contribution in [-0.4, -0.2) is 5.54 Å². The zero-order chi connectivity index (χ0) is 14.2. The Balaban J connectivity index is 1.89. The molecule has 3 atom stereocenters. The van der Waals surface area contributed by atoms with E-state index in [0.717, 1.165) is 31.1 Å². The molecule has 0 heterocycles. The van der Waals surface area contributed by atoms with E-state index >= 15 is 0 Å². The topological polar surface area (TPSA) is 26.0 Å². The van der Waals surface area contributed by atoms with Crippen LogP contribution in [0.3, 0.4) is 0 Å². The van der Waals surface area contributed by atoms with Gasteiger partial charge in [0, 0.05) is 5.54 Å². The number of rotatable bonds is 2. The Morgan fingerprint density at radius 3 is 2.60 bits per heavy atom. The molecule has 0 spiro atoms. The molecule has 1 fully saturated rings. The number of hydrogen-bond acceptors (Lipinski definition) is 1. The summed E-state index contributed by atoms with van der Waals surface area (Å²) in [5.41, 5.74) is 8.13. The highest BCUT2D eigenvalue weighted by molar-refractivity contribution is 5.85. The fourth-order valence-electron chi connectivity index (χ4n) is 3.73. The molecule has 2 N–H and O–H groups in total. The average Bonchev–Trinajstić information content (AvgIpc) is 2.44. The lowest BCUT2D eigenvalue weighted by Crippen LogP contribution is -2.47. The Morgan fingerprint density at radius 2 is 1.80 bits per heavy atom. The smallest absolute Gasteiger partial charge is 0.0198 e. The minimum atomic E-state index is -0.0178. The quantitative estimate of drug-likeness (QED) is 0.849. The highest BCUT2D eigenvalue weighted by Crippen LogP contribution is 2.37. The van der Waals surface area contributed by atoms with Crippen LogP contribution >= 0.6 is 0 Å². The first kappa shape index (κ1) is 13.6. The van der Waals surface area contributed by atoms with Crippen LogP contribution in [-0.2, 0) is 6.42 Å². The molecular formula is C19H25N. The molecule has 106 valence electrons. The maximum absolute atomic E-state index is 6.73. The molecule has 0 bridgehead atoms. The van der Waals surface area contributed by atoms with Gasteiger partial charge in [-0.05, 0) is 53.9 Å². The molecule has 0 aliphatic heterocycles. The van der Waals surface area contributed by atoms with Crippen LogP contribution < -0.4 is 5.73 Å². The van der Waals surface area contributed by atoms with Gasteiger partial charge < -0.3 is 5.73 Å². The number of fused-ring (bicyclic) bond motifs is 1. The van der Waals surface area contributed by atoms with E-state index in [1.807, 2.05) is 0 Å². The van der Waals surface area contributed by atoms with E-state index in [0.29, 0.717) is 0 Å². The lowest BCUT2D eigenvalue weighted by molar-refractivity contribution is 0.176. The van der Waals surface area contributed by atoms with Gasteiger partial charge in [0.05, 0.1) is 0 Å². The van der Waals surface area contributed by atoms with Gasteiger partial charge in [0.1, 0.15) is 0 Å². The van der Waals surface area contributed by atoms with Crippen molar-refractivity contribution in [3.05, 3.63) is 48.0 Å². The van der Waals surface area contributed by atoms with Gasteiger partial charge in [-0.2, -0.15) is 0 Å².